The average molecular weight is 331 g/mol. The van der Waals surface area contributed by atoms with Crippen LogP contribution in [-0.4, -0.2) is 0 Å². The Labute approximate surface area is 152 Å². The molecule has 0 saturated carbocycles. The highest BCUT2D eigenvalue weighted by Crippen LogP contribution is 2.36. The van der Waals surface area contributed by atoms with Crippen molar-refractivity contribution in [3.8, 4) is 0 Å². The van der Waals surface area contributed by atoms with Crippen LogP contribution < -0.4 is 0 Å². The molecule has 3 rings (SSSR count). The molecule has 0 bridgehead atoms. The number of rotatable bonds is 4. The van der Waals surface area contributed by atoms with Gasteiger partial charge in [-0.25, -0.2) is 0 Å². The molecule has 0 amide bonds. The molecule has 0 aliphatic carbocycles. The largest absolute Gasteiger partial charge is 0.0616 e. The SMILES string of the molecule is CC(C)(C)CC(C)(C)c1ccc(Cc2ccc3ccccc3c2)cc1. The first-order chi connectivity index (χ1) is 11.7. The molecule has 0 saturated heterocycles. The summed E-state index contributed by atoms with van der Waals surface area (Å²) in [5.41, 5.74) is 4.74. The van der Waals surface area contributed by atoms with E-state index in [1.54, 1.807) is 0 Å². The maximum Gasteiger partial charge on any atom is -0.00255 e. The lowest BCUT2D eigenvalue weighted by Gasteiger charge is -2.33. The van der Waals surface area contributed by atoms with Crippen LogP contribution >= 0.6 is 0 Å². The topological polar surface area (TPSA) is 0 Å². The van der Waals surface area contributed by atoms with Crippen molar-refractivity contribution in [1.29, 1.82) is 0 Å². The van der Waals surface area contributed by atoms with Gasteiger partial charge in [0.25, 0.3) is 0 Å². The van der Waals surface area contributed by atoms with Gasteiger partial charge in [-0.15, -0.1) is 0 Å². The second-order valence-electron chi connectivity index (χ2n) is 9.18. The van der Waals surface area contributed by atoms with Gasteiger partial charge in [-0.05, 0) is 51.1 Å². The summed E-state index contributed by atoms with van der Waals surface area (Å²) in [5.74, 6) is 0. The fraction of sp³-hybridized carbons (Fsp3) is 0.360. The standard InChI is InChI=1S/C25H30/c1-24(2,3)18-25(4,5)23-14-11-19(12-15-23)16-20-10-13-21-8-6-7-9-22(21)17-20/h6-15,17H,16,18H2,1-5H3. The Morgan fingerprint density at radius 1 is 0.640 bits per heavy atom. The Balaban J connectivity index is 1.77. The highest BCUT2D eigenvalue weighted by Gasteiger charge is 2.26. The zero-order valence-electron chi connectivity index (χ0n) is 16.3. The molecular weight excluding hydrogens is 300 g/mol. The van der Waals surface area contributed by atoms with Gasteiger partial charge in [0, 0.05) is 0 Å². The van der Waals surface area contributed by atoms with Gasteiger partial charge in [0.1, 0.15) is 0 Å². The molecule has 0 heterocycles. The van der Waals surface area contributed by atoms with Gasteiger partial charge < -0.3 is 0 Å². The van der Waals surface area contributed by atoms with Crippen molar-refractivity contribution < 1.29 is 0 Å². The lowest BCUT2D eigenvalue weighted by molar-refractivity contribution is 0.284. The van der Waals surface area contributed by atoms with Crippen molar-refractivity contribution in [3.63, 3.8) is 0 Å². The van der Waals surface area contributed by atoms with Gasteiger partial charge in [0.05, 0.1) is 0 Å². The third kappa shape index (κ3) is 4.51. The van der Waals surface area contributed by atoms with Crippen molar-refractivity contribution in [2.24, 2.45) is 5.41 Å². The molecule has 130 valence electrons. The van der Waals surface area contributed by atoms with E-state index in [4.69, 9.17) is 0 Å². The van der Waals surface area contributed by atoms with Crippen molar-refractivity contribution in [3.05, 3.63) is 83.4 Å². The fourth-order valence-corrected chi connectivity index (χ4v) is 4.09. The summed E-state index contributed by atoms with van der Waals surface area (Å²) in [6.07, 6.45) is 2.18. The van der Waals surface area contributed by atoms with Crippen molar-refractivity contribution in [1.82, 2.24) is 0 Å². The van der Waals surface area contributed by atoms with E-state index < -0.39 is 0 Å². The summed E-state index contributed by atoms with van der Waals surface area (Å²) in [7, 11) is 0. The molecular formula is C25H30. The van der Waals surface area contributed by atoms with Crippen LogP contribution in [-0.2, 0) is 11.8 Å². The molecule has 0 aromatic heterocycles. The summed E-state index contributed by atoms with van der Waals surface area (Å²) in [6.45, 7) is 11.7. The summed E-state index contributed by atoms with van der Waals surface area (Å²) >= 11 is 0. The van der Waals surface area contributed by atoms with Crippen LogP contribution in [0.15, 0.2) is 66.7 Å². The summed E-state index contributed by atoms with van der Waals surface area (Å²) in [4.78, 5) is 0. The average Bonchev–Trinajstić information content (AvgIpc) is 2.53. The Morgan fingerprint density at radius 3 is 1.88 bits per heavy atom. The summed E-state index contributed by atoms with van der Waals surface area (Å²) in [5, 5.41) is 2.63. The molecule has 25 heavy (non-hydrogen) atoms. The minimum absolute atomic E-state index is 0.208. The van der Waals surface area contributed by atoms with Gasteiger partial charge in [-0.2, -0.15) is 0 Å². The molecule has 0 unspecified atom stereocenters. The lowest BCUT2D eigenvalue weighted by atomic mass is 9.72. The molecule has 0 radical (unpaired) electrons. The monoisotopic (exact) mass is 330 g/mol. The van der Waals surface area contributed by atoms with E-state index in [1.165, 1.54) is 33.9 Å². The highest BCUT2D eigenvalue weighted by atomic mass is 14.3. The van der Waals surface area contributed by atoms with Crippen LogP contribution in [0.4, 0.5) is 0 Å². The molecule has 0 aliphatic heterocycles. The minimum atomic E-state index is 0.208. The Morgan fingerprint density at radius 2 is 1.24 bits per heavy atom. The van der Waals surface area contributed by atoms with E-state index >= 15 is 0 Å². The molecule has 3 aromatic rings. The molecule has 0 N–H and O–H groups in total. The highest BCUT2D eigenvalue weighted by molar-refractivity contribution is 5.83. The Bertz CT molecular complexity index is 845. The van der Waals surface area contributed by atoms with Crippen molar-refractivity contribution in [2.75, 3.05) is 0 Å². The molecule has 0 heteroatoms. The number of hydrogen-bond acceptors (Lipinski definition) is 0. The van der Waals surface area contributed by atoms with Gasteiger partial charge in [0.2, 0.25) is 0 Å². The fourth-order valence-electron chi connectivity index (χ4n) is 4.09. The predicted molar refractivity (Wildman–Crippen MR) is 110 cm³/mol. The van der Waals surface area contributed by atoms with Crippen molar-refractivity contribution in [2.45, 2.75) is 52.9 Å². The van der Waals surface area contributed by atoms with Crippen LogP contribution in [0.3, 0.4) is 0 Å². The summed E-state index contributed by atoms with van der Waals surface area (Å²) in [6, 6.07) is 24.6. The van der Waals surface area contributed by atoms with E-state index in [-0.39, 0.29) is 5.41 Å². The van der Waals surface area contributed by atoms with E-state index in [9.17, 15) is 0 Å². The normalized spacial score (nSPS) is 12.5. The third-order valence-corrected chi connectivity index (χ3v) is 4.93. The number of fused-ring (bicyclic) bond motifs is 1. The Hall–Kier alpha value is -2.08. The number of hydrogen-bond donors (Lipinski definition) is 0. The smallest absolute Gasteiger partial charge is 0.00255 e. The first kappa shape index (κ1) is 17.7. The van der Waals surface area contributed by atoms with Crippen LogP contribution in [0, 0.1) is 5.41 Å². The van der Waals surface area contributed by atoms with Crippen LogP contribution in [0.2, 0.25) is 0 Å². The molecule has 0 fully saturated rings. The van der Waals surface area contributed by atoms with E-state index in [1.807, 2.05) is 0 Å². The molecule has 3 aromatic carbocycles. The summed E-state index contributed by atoms with van der Waals surface area (Å²) < 4.78 is 0. The minimum Gasteiger partial charge on any atom is -0.0616 e. The quantitative estimate of drug-likeness (QED) is 0.476. The van der Waals surface area contributed by atoms with E-state index in [0.717, 1.165) is 6.42 Å². The zero-order chi connectivity index (χ0) is 18.1. The van der Waals surface area contributed by atoms with Gasteiger partial charge >= 0.3 is 0 Å². The molecule has 0 spiro atoms. The third-order valence-electron chi connectivity index (χ3n) is 4.93. The first-order valence-electron chi connectivity index (χ1n) is 9.30. The molecule has 0 aliphatic rings. The van der Waals surface area contributed by atoms with Crippen molar-refractivity contribution >= 4 is 10.8 Å². The van der Waals surface area contributed by atoms with Crippen LogP contribution in [0.1, 0.15) is 57.7 Å². The molecule has 0 atom stereocenters. The second-order valence-corrected chi connectivity index (χ2v) is 9.18. The maximum atomic E-state index is 2.36. The van der Waals surface area contributed by atoms with Gasteiger partial charge in [-0.3, -0.25) is 0 Å². The van der Waals surface area contributed by atoms with Gasteiger partial charge in [-0.1, -0.05) is 101 Å². The van der Waals surface area contributed by atoms with Crippen LogP contribution in [0.25, 0.3) is 10.8 Å². The van der Waals surface area contributed by atoms with Crippen LogP contribution in [0.5, 0.6) is 0 Å². The zero-order valence-corrected chi connectivity index (χ0v) is 16.3. The predicted octanol–water partition coefficient (Wildman–Crippen LogP) is 7.14. The maximum absolute atomic E-state index is 2.36. The first-order valence-corrected chi connectivity index (χ1v) is 9.30. The molecule has 0 nitrogen and oxygen atoms in total. The second kappa shape index (κ2) is 6.67. The number of benzene rings is 3. The lowest BCUT2D eigenvalue weighted by Crippen LogP contribution is -2.24. The van der Waals surface area contributed by atoms with E-state index in [0.29, 0.717) is 5.41 Å². The van der Waals surface area contributed by atoms with E-state index in [2.05, 4.69) is 101 Å². The van der Waals surface area contributed by atoms with Gasteiger partial charge in [0.15, 0.2) is 0 Å². The Kier molecular flexibility index (Phi) is 4.73.